The lowest BCUT2D eigenvalue weighted by Crippen LogP contribution is -2.11. The third kappa shape index (κ3) is 3.64. The number of rotatable bonds is 5. The van der Waals surface area contributed by atoms with E-state index < -0.39 is 0 Å². The molecule has 148 valence electrons. The quantitative estimate of drug-likeness (QED) is 0.396. The molecule has 0 atom stereocenters. The molecule has 0 aliphatic rings. The SMILES string of the molecule is O=C(Nc1cnn(Cc2ccc(Br)cc2)c1)c1cnn2c(-c3cccs3)ccnc12. The zero-order valence-electron chi connectivity index (χ0n) is 15.6. The number of benzene rings is 1. The van der Waals surface area contributed by atoms with Gasteiger partial charge in [0.2, 0.25) is 0 Å². The molecule has 7 nitrogen and oxygen atoms in total. The maximum atomic E-state index is 12.8. The van der Waals surface area contributed by atoms with Crippen LogP contribution in [0.25, 0.3) is 16.2 Å². The Morgan fingerprint density at radius 2 is 1.97 bits per heavy atom. The Bertz CT molecular complexity index is 1320. The van der Waals surface area contributed by atoms with Gasteiger partial charge < -0.3 is 5.32 Å². The number of anilines is 1. The predicted octanol–water partition coefficient (Wildman–Crippen LogP) is 4.72. The number of thiophene rings is 1. The molecule has 1 aromatic carbocycles. The Hall–Kier alpha value is -3.30. The summed E-state index contributed by atoms with van der Waals surface area (Å²) in [6.45, 7) is 0.617. The molecule has 1 amide bonds. The number of nitrogens with one attached hydrogen (secondary N) is 1. The molecule has 5 aromatic rings. The zero-order chi connectivity index (χ0) is 20.5. The average Bonchev–Trinajstić information content (AvgIpc) is 3.50. The molecule has 0 radical (unpaired) electrons. The number of carbonyl (C=O) groups is 1. The van der Waals surface area contributed by atoms with Gasteiger partial charge in [-0.1, -0.05) is 34.1 Å². The van der Waals surface area contributed by atoms with Gasteiger partial charge in [-0.05, 0) is 35.2 Å². The summed E-state index contributed by atoms with van der Waals surface area (Å²) in [7, 11) is 0. The highest BCUT2D eigenvalue weighted by molar-refractivity contribution is 9.10. The van der Waals surface area contributed by atoms with Gasteiger partial charge in [-0.2, -0.15) is 10.2 Å². The van der Waals surface area contributed by atoms with E-state index in [1.807, 2.05) is 47.8 Å². The maximum absolute atomic E-state index is 12.8. The molecule has 30 heavy (non-hydrogen) atoms. The fraction of sp³-hybridized carbons (Fsp3) is 0.0476. The molecule has 0 aliphatic heterocycles. The lowest BCUT2D eigenvalue weighted by atomic mass is 10.2. The first-order chi connectivity index (χ1) is 14.7. The molecule has 1 N–H and O–H groups in total. The number of aromatic nitrogens is 5. The molecule has 4 heterocycles. The van der Waals surface area contributed by atoms with Crippen molar-refractivity contribution in [3.63, 3.8) is 0 Å². The molecule has 0 saturated heterocycles. The van der Waals surface area contributed by atoms with Gasteiger partial charge in [0.05, 0.1) is 35.2 Å². The second kappa shape index (κ2) is 7.85. The van der Waals surface area contributed by atoms with Gasteiger partial charge >= 0.3 is 0 Å². The van der Waals surface area contributed by atoms with E-state index in [4.69, 9.17) is 0 Å². The molecule has 0 fully saturated rings. The summed E-state index contributed by atoms with van der Waals surface area (Å²) in [6.07, 6.45) is 6.67. The van der Waals surface area contributed by atoms with Crippen molar-refractivity contribution in [2.24, 2.45) is 0 Å². The first-order valence-electron chi connectivity index (χ1n) is 9.12. The molecule has 0 saturated carbocycles. The summed E-state index contributed by atoms with van der Waals surface area (Å²) in [5, 5.41) is 13.6. The van der Waals surface area contributed by atoms with Crippen LogP contribution in [-0.2, 0) is 6.54 Å². The van der Waals surface area contributed by atoms with Crippen LogP contribution in [0.5, 0.6) is 0 Å². The summed E-state index contributed by atoms with van der Waals surface area (Å²) in [6, 6.07) is 13.9. The fourth-order valence-corrected chi connectivity index (χ4v) is 4.15. The normalized spacial score (nSPS) is 11.1. The molecule has 4 aromatic heterocycles. The van der Waals surface area contributed by atoms with Gasteiger partial charge in [0, 0.05) is 16.9 Å². The summed E-state index contributed by atoms with van der Waals surface area (Å²) in [5.74, 6) is -0.274. The minimum Gasteiger partial charge on any atom is -0.319 e. The van der Waals surface area contributed by atoms with E-state index in [0.717, 1.165) is 20.6 Å². The van der Waals surface area contributed by atoms with Crippen LogP contribution >= 0.6 is 27.3 Å². The van der Waals surface area contributed by atoms with Gasteiger partial charge in [-0.25, -0.2) is 9.50 Å². The van der Waals surface area contributed by atoms with Gasteiger partial charge in [0.15, 0.2) is 5.65 Å². The first-order valence-corrected chi connectivity index (χ1v) is 10.8. The molecule has 9 heteroatoms. The van der Waals surface area contributed by atoms with E-state index in [0.29, 0.717) is 23.4 Å². The van der Waals surface area contributed by atoms with Crippen molar-refractivity contribution in [3.05, 3.63) is 88.2 Å². The van der Waals surface area contributed by atoms with E-state index in [9.17, 15) is 4.79 Å². The van der Waals surface area contributed by atoms with Crippen molar-refractivity contribution in [1.82, 2.24) is 24.4 Å². The van der Waals surface area contributed by atoms with Gasteiger partial charge in [-0.15, -0.1) is 11.3 Å². The smallest absolute Gasteiger partial charge is 0.261 e. The van der Waals surface area contributed by atoms with Gasteiger partial charge in [0.1, 0.15) is 5.56 Å². The van der Waals surface area contributed by atoms with Crippen molar-refractivity contribution in [3.8, 4) is 10.6 Å². The average molecular weight is 479 g/mol. The van der Waals surface area contributed by atoms with Crippen molar-refractivity contribution in [2.45, 2.75) is 6.54 Å². The van der Waals surface area contributed by atoms with Crippen LogP contribution in [-0.4, -0.2) is 30.3 Å². The number of halogens is 1. The van der Waals surface area contributed by atoms with Crippen molar-refractivity contribution >= 4 is 44.5 Å². The van der Waals surface area contributed by atoms with Gasteiger partial charge in [0.25, 0.3) is 5.91 Å². The number of carbonyl (C=O) groups excluding carboxylic acids is 1. The molecule has 0 aliphatic carbocycles. The Morgan fingerprint density at radius 1 is 1.10 bits per heavy atom. The molecule has 0 unspecified atom stereocenters. The monoisotopic (exact) mass is 478 g/mol. The molecule has 5 rings (SSSR count). The summed E-state index contributed by atoms with van der Waals surface area (Å²) >= 11 is 5.04. The van der Waals surface area contributed by atoms with Crippen LogP contribution in [0.15, 0.2) is 77.1 Å². The molecule has 0 bridgehead atoms. The molecular weight excluding hydrogens is 464 g/mol. The second-order valence-corrected chi connectivity index (χ2v) is 8.47. The summed E-state index contributed by atoms with van der Waals surface area (Å²) < 4.78 is 4.50. The van der Waals surface area contributed by atoms with Crippen LogP contribution < -0.4 is 5.32 Å². The number of nitrogens with zero attached hydrogens (tertiary/aromatic N) is 5. The predicted molar refractivity (Wildman–Crippen MR) is 120 cm³/mol. The zero-order valence-corrected chi connectivity index (χ0v) is 18.0. The highest BCUT2D eigenvalue weighted by Crippen LogP contribution is 2.25. The lowest BCUT2D eigenvalue weighted by molar-refractivity contribution is 0.102. The van der Waals surface area contributed by atoms with E-state index in [1.165, 1.54) is 0 Å². The second-order valence-electron chi connectivity index (χ2n) is 6.61. The van der Waals surface area contributed by atoms with Gasteiger partial charge in [-0.3, -0.25) is 9.48 Å². The van der Waals surface area contributed by atoms with E-state index >= 15 is 0 Å². The Labute approximate surface area is 184 Å². The highest BCUT2D eigenvalue weighted by Gasteiger charge is 2.17. The topological polar surface area (TPSA) is 77.1 Å². The van der Waals surface area contributed by atoms with Crippen LogP contribution in [0.2, 0.25) is 0 Å². The van der Waals surface area contributed by atoms with E-state index in [-0.39, 0.29) is 5.91 Å². The Balaban J connectivity index is 1.36. The lowest BCUT2D eigenvalue weighted by Gasteiger charge is -2.03. The minimum absolute atomic E-state index is 0.274. The third-order valence-corrected chi connectivity index (χ3v) is 5.99. The summed E-state index contributed by atoms with van der Waals surface area (Å²) in [5.41, 5.74) is 3.56. The van der Waals surface area contributed by atoms with Crippen LogP contribution in [0.1, 0.15) is 15.9 Å². The standard InChI is InChI=1S/C21H15BrN6OS/c22-15-5-3-14(4-6-15)12-27-13-16(10-24-27)26-21(29)17-11-25-28-18(7-8-23-20(17)28)19-2-1-9-30-19/h1-11,13H,12H2,(H,26,29). The van der Waals surface area contributed by atoms with E-state index in [2.05, 4.69) is 36.4 Å². The first kappa shape index (κ1) is 18.7. The van der Waals surface area contributed by atoms with Crippen molar-refractivity contribution in [2.75, 3.05) is 5.32 Å². The fourth-order valence-electron chi connectivity index (χ4n) is 3.15. The Morgan fingerprint density at radius 3 is 2.77 bits per heavy atom. The third-order valence-electron chi connectivity index (χ3n) is 4.57. The van der Waals surface area contributed by atoms with Crippen LogP contribution in [0, 0.1) is 0 Å². The van der Waals surface area contributed by atoms with E-state index in [1.54, 1.807) is 45.3 Å². The maximum Gasteiger partial charge on any atom is 0.261 e. The summed E-state index contributed by atoms with van der Waals surface area (Å²) in [4.78, 5) is 18.3. The number of amides is 1. The molecule has 0 spiro atoms. The number of hydrogen-bond donors (Lipinski definition) is 1. The van der Waals surface area contributed by atoms with Crippen molar-refractivity contribution < 1.29 is 4.79 Å². The van der Waals surface area contributed by atoms with Crippen molar-refractivity contribution in [1.29, 1.82) is 0 Å². The number of hydrogen-bond acceptors (Lipinski definition) is 5. The minimum atomic E-state index is -0.274. The van der Waals surface area contributed by atoms with Crippen LogP contribution in [0.4, 0.5) is 5.69 Å². The largest absolute Gasteiger partial charge is 0.319 e. The molecular formula is C21H15BrN6OS. The van der Waals surface area contributed by atoms with Crippen LogP contribution in [0.3, 0.4) is 0 Å². The number of fused-ring (bicyclic) bond motifs is 1. The Kier molecular flexibility index (Phi) is 4.89. The highest BCUT2D eigenvalue weighted by atomic mass is 79.9.